The van der Waals surface area contributed by atoms with Crippen LogP contribution in [-0.2, 0) is 4.79 Å². The largest absolute Gasteiger partial charge is 0.329 e. The predicted octanol–water partition coefficient (Wildman–Crippen LogP) is 0.682. The van der Waals surface area contributed by atoms with Crippen LogP contribution in [0, 0.1) is 0 Å². The smallest absolute Gasteiger partial charge is 0.241 e. The van der Waals surface area contributed by atoms with Gasteiger partial charge in [-0.25, -0.2) is 0 Å². The zero-order chi connectivity index (χ0) is 12.3. The number of carbonyl (C=O) groups excluding carboxylic acids is 1. The van der Waals surface area contributed by atoms with Crippen LogP contribution in [-0.4, -0.2) is 43.0 Å². The number of para-hydroxylation sites is 1. The summed E-state index contributed by atoms with van der Waals surface area (Å²) in [6.45, 7) is 4.75. The van der Waals surface area contributed by atoms with Crippen molar-refractivity contribution in [1.82, 2.24) is 4.90 Å². The fraction of sp³-hybridized carbons (Fsp3) is 0.462. The first-order valence-electron chi connectivity index (χ1n) is 6.02. The average Bonchev–Trinajstić information content (AvgIpc) is 2.38. The third-order valence-corrected chi connectivity index (χ3v) is 3.28. The van der Waals surface area contributed by atoms with Gasteiger partial charge in [0.05, 0.1) is 6.54 Å². The van der Waals surface area contributed by atoms with Gasteiger partial charge in [-0.05, 0) is 19.1 Å². The molecule has 1 aromatic carbocycles. The van der Waals surface area contributed by atoms with Crippen LogP contribution in [0.2, 0.25) is 0 Å². The van der Waals surface area contributed by atoms with E-state index < -0.39 is 0 Å². The van der Waals surface area contributed by atoms with Crippen LogP contribution in [0.1, 0.15) is 6.92 Å². The third-order valence-electron chi connectivity index (χ3n) is 3.28. The molecule has 2 rings (SSSR count). The Morgan fingerprint density at radius 3 is 2.59 bits per heavy atom. The van der Waals surface area contributed by atoms with E-state index in [0.717, 1.165) is 18.8 Å². The van der Waals surface area contributed by atoms with E-state index in [2.05, 4.69) is 11.8 Å². The maximum absolute atomic E-state index is 12.1. The first kappa shape index (κ1) is 12.1. The van der Waals surface area contributed by atoms with Gasteiger partial charge in [0.25, 0.3) is 0 Å². The van der Waals surface area contributed by atoms with E-state index in [1.807, 2.05) is 35.2 Å². The Kier molecular flexibility index (Phi) is 3.76. The van der Waals surface area contributed by atoms with Crippen molar-refractivity contribution in [2.75, 3.05) is 31.1 Å². The molecule has 1 heterocycles. The molecule has 2 N–H and O–H groups in total. The molecule has 1 unspecified atom stereocenters. The Labute approximate surface area is 102 Å². The van der Waals surface area contributed by atoms with E-state index in [1.165, 1.54) is 0 Å². The molecule has 0 radical (unpaired) electrons. The number of amides is 1. The second-order valence-corrected chi connectivity index (χ2v) is 4.44. The second kappa shape index (κ2) is 5.29. The van der Waals surface area contributed by atoms with Crippen LogP contribution >= 0.6 is 0 Å². The number of nitrogens with zero attached hydrogens (tertiary/aromatic N) is 2. The molecule has 17 heavy (non-hydrogen) atoms. The number of hydrogen-bond donors (Lipinski definition) is 1. The fourth-order valence-corrected chi connectivity index (χ4v) is 2.10. The monoisotopic (exact) mass is 233 g/mol. The summed E-state index contributed by atoms with van der Waals surface area (Å²) in [4.78, 5) is 16.1. The molecule has 92 valence electrons. The SMILES string of the molecule is CC(CN)N1CCN(c2ccccc2)C(=O)C1. The van der Waals surface area contributed by atoms with Gasteiger partial charge < -0.3 is 10.6 Å². The Morgan fingerprint density at radius 1 is 1.29 bits per heavy atom. The van der Waals surface area contributed by atoms with E-state index in [0.29, 0.717) is 13.1 Å². The summed E-state index contributed by atoms with van der Waals surface area (Å²) >= 11 is 0. The fourth-order valence-electron chi connectivity index (χ4n) is 2.10. The van der Waals surface area contributed by atoms with Crippen molar-refractivity contribution >= 4 is 11.6 Å². The molecule has 1 fully saturated rings. The first-order valence-corrected chi connectivity index (χ1v) is 6.02. The summed E-state index contributed by atoms with van der Waals surface area (Å²) in [7, 11) is 0. The molecule has 1 aromatic rings. The highest BCUT2D eigenvalue weighted by molar-refractivity contribution is 5.95. The Morgan fingerprint density at radius 2 is 2.00 bits per heavy atom. The minimum atomic E-state index is 0.155. The van der Waals surface area contributed by atoms with E-state index >= 15 is 0 Å². The lowest BCUT2D eigenvalue weighted by molar-refractivity contribution is -0.121. The van der Waals surface area contributed by atoms with Gasteiger partial charge in [0, 0.05) is 31.4 Å². The lowest BCUT2D eigenvalue weighted by Crippen LogP contribution is -2.54. The van der Waals surface area contributed by atoms with Gasteiger partial charge in [0.15, 0.2) is 0 Å². The van der Waals surface area contributed by atoms with Gasteiger partial charge in [-0.2, -0.15) is 0 Å². The minimum absolute atomic E-state index is 0.155. The van der Waals surface area contributed by atoms with Gasteiger partial charge >= 0.3 is 0 Å². The van der Waals surface area contributed by atoms with Crippen molar-refractivity contribution in [2.24, 2.45) is 5.73 Å². The van der Waals surface area contributed by atoms with Gasteiger partial charge in [-0.3, -0.25) is 9.69 Å². The molecule has 1 saturated heterocycles. The summed E-state index contributed by atoms with van der Waals surface area (Å²) in [6.07, 6.45) is 0. The molecule has 0 aliphatic carbocycles. The molecular weight excluding hydrogens is 214 g/mol. The summed E-state index contributed by atoms with van der Waals surface area (Å²) < 4.78 is 0. The molecule has 0 aromatic heterocycles. The summed E-state index contributed by atoms with van der Waals surface area (Å²) in [5.74, 6) is 0.155. The van der Waals surface area contributed by atoms with E-state index in [4.69, 9.17) is 5.73 Å². The summed E-state index contributed by atoms with van der Waals surface area (Å²) in [6, 6.07) is 10.1. The lowest BCUT2D eigenvalue weighted by atomic mass is 10.2. The molecule has 1 aliphatic rings. The lowest BCUT2D eigenvalue weighted by Gasteiger charge is -2.37. The van der Waals surface area contributed by atoms with Crippen molar-refractivity contribution in [1.29, 1.82) is 0 Å². The quantitative estimate of drug-likeness (QED) is 0.835. The topological polar surface area (TPSA) is 49.6 Å². The number of benzene rings is 1. The minimum Gasteiger partial charge on any atom is -0.329 e. The van der Waals surface area contributed by atoms with Crippen molar-refractivity contribution in [2.45, 2.75) is 13.0 Å². The maximum Gasteiger partial charge on any atom is 0.241 e. The van der Waals surface area contributed by atoms with E-state index in [9.17, 15) is 4.79 Å². The summed E-state index contributed by atoms with van der Waals surface area (Å²) in [5, 5.41) is 0. The maximum atomic E-state index is 12.1. The Balaban J connectivity index is 2.04. The molecule has 0 bridgehead atoms. The molecule has 4 heteroatoms. The number of carbonyl (C=O) groups is 1. The Bertz CT molecular complexity index is 380. The predicted molar refractivity (Wildman–Crippen MR) is 68.9 cm³/mol. The van der Waals surface area contributed by atoms with E-state index in [-0.39, 0.29) is 11.9 Å². The third kappa shape index (κ3) is 2.65. The van der Waals surface area contributed by atoms with E-state index in [1.54, 1.807) is 0 Å². The van der Waals surface area contributed by atoms with Crippen molar-refractivity contribution < 1.29 is 4.79 Å². The van der Waals surface area contributed by atoms with Crippen molar-refractivity contribution in [3.63, 3.8) is 0 Å². The zero-order valence-corrected chi connectivity index (χ0v) is 10.2. The van der Waals surface area contributed by atoms with Crippen LogP contribution in [0.5, 0.6) is 0 Å². The van der Waals surface area contributed by atoms with Crippen LogP contribution < -0.4 is 10.6 Å². The van der Waals surface area contributed by atoms with Gasteiger partial charge in [-0.1, -0.05) is 18.2 Å². The number of anilines is 1. The van der Waals surface area contributed by atoms with Gasteiger partial charge in [0.1, 0.15) is 0 Å². The zero-order valence-electron chi connectivity index (χ0n) is 10.2. The standard InChI is InChI=1S/C13H19N3O/c1-11(9-14)15-7-8-16(13(17)10-15)12-5-3-2-4-6-12/h2-6,11H,7-10,14H2,1H3. The molecule has 4 nitrogen and oxygen atoms in total. The first-order chi connectivity index (χ1) is 8.22. The number of piperazine rings is 1. The van der Waals surface area contributed by atoms with Crippen LogP contribution in [0.3, 0.4) is 0 Å². The molecule has 0 saturated carbocycles. The molecular formula is C13H19N3O. The average molecular weight is 233 g/mol. The van der Waals surface area contributed by atoms with Gasteiger partial charge in [0.2, 0.25) is 5.91 Å². The van der Waals surface area contributed by atoms with Crippen molar-refractivity contribution in [3.8, 4) is 0 Å². The van der Waals surface area contributed by atoms with Crippen LogP contribution in [0.4, 0.5) is 5.69 Å². The second-order valence-electron chi connectivity index (χ2n) is 4.44. The van der Waals surface area contributed by atoms with Crippen LogP contribution in [0.15, 0.2) is 30.3 Å². The molecule has 0 spiro atoms. The summed E-state index contributed by atoms with van der Waals surface area (Å²) in [5.41, 5.74) is 6.61. The number of rotatable bonds is 3. The molecule has 1 atom stereocenters. The normalized spacial score (nSPS) is 19.4. The molecule has 1 amide bonds. The van der Waals surface area contributed by atoms with Gasteiger partial charge in [-0.15, -0.1) is 0 Å². The van der Waals surface area contributed by atoms with Crippen LogP contribution in [0.25, 0.3) is 0 Å². The molecule has 1 aliphatic heterocycles. The highest BCUT2D eigenvalue weighted by atomic mass is 16.2. The number of hydrogen-bond acceptors (Lipinski definition) is 3. The highest BCUT2D eigenvalue weighted by Crippen LogP contribution is 2.17. The number of nitrogens with two attached hydrogens (primary N) is 1. The highest BCUT2D eigenvalue weighted by Gasteiger charge is 2.26. The van der Waals surface area contributed by atoms with Crippen molar-refractivity contribution in [3.05, 3.63) is 30.3 Å². The Hall–Kier alpha value is -1.39.